The van der Waals surface area contributed by atoms with Crippen molar-refractivity contribution in [3.63, 3.8) is 0 Å². The van der Waals surface area contributed by atoms with Crippen LogP contribution in [0.15, 0.2) is 24.3 Å². The van der Waals surface area contributed by atoms with Crippen LogP contribution in [0.5, 0.6) is 5.75 Å². The summed E-state index contributed by atoms with van der Waals surface area (Å²) in [7, 11) is 0. The molecule has 1 fully saturated rings. The first kappa shape index (κ1) is 14.7. The Bertz CT molecular complexity index is 377. The molecule has 1 atom stereocenters. The van der Waals surface area contributed by atoms with E-state index in [4.69, 9.17) is 10.5 Å². The molecule has 3 heteroatoms. The summed E-state index contributed by atoms with van der Waals surface area (Å²) in [5.41, 5.74) is 7.49. The minimum Gasteiger partial charge on any atom is -0.494 e. The molecule has 1 aromatic rings. The van der Waals surface area contributed by atoms with Gasteiger partial charge in [-0.15, -0.1) is 0 Å². The number of hydrogen-bond acceptors (Lipinski definition) is 3. The first-order valence-corrected chi connectivity index (χ1v) is 8.44. The van der Waals surface area contributed by atoms with Gasteiger partial charge in [0, 0.05) is 17.0 Å². The molecule has 2 nitrogen and oxygen atoms in total. The van der Waals surface area contributed by atoms with Crippen LogP contribution in [0.25, 0.3) is 0 Å². The molecule has 1 unspecified atom stereocenters. The lowest BCUT2D eigenvalue weighted by molar-refractivity contribution is 0.339. The van der Waals surface area contributed by atoms with Gasteiger partial charge in [-0.25, -0.2) is 0 Å². The van der Waals surface area contributed by atoms with Gasteiger partial charge in [-0.05, 0) is 37.5 Å². The minimum atomic E-state index is 0.118. The predicted molar refractivity (Wildman–Crippen MR) is 83.9 cm³/mol. The number of benzene rings is 1. The summed E-state index contributed by atoms with van der Waals surface area (Å²) < 4.78 is 5.53. The van der Waals surface area contributed by atoms with Crippen LogP contribution >= 0.6 is 11.8 Å². The Hall–Kier alpha value is -0.670. The molecule has 2 N–H and O–H groups in total. The van der Waals surface area contributed by atoms with Gasteiger partial charge in [-0.3, -0.25) is 0 Å². The first-order valence-electron chi connectivity index (χ1n) is 7.39. The van der Waals surface area contributed by atoms with Crippen molar-refractivity contribution >= 4 is 11.8 Å². The zero-order valence-electron chi connectivity index (χ0n) is 11.8. The maximum Gasteiger partial charge on any atom is 0.119 e. The lowest BCUT2D eigenvalue weighted by atomic mass is 10.0. The molecule has 1 aliphatic rings. The average molecular weight is 279 g/mol. The molecule has 19 heavy (non-hydrogen) atoms. The third kappa shape index (κ3) is 4.73. The van der Waals surface area contributed by atoms with Crippen LogP contribution in [0.4, 0.5) is 0 Å². The molecule has 0 saturated heterocycles. The average Bonchev–Trinajstić information content (AvgIpc) is 2.46. The monoisotopic (exact) mass is 279 g/mol. The quantitative estimate of drug-likeness (QED) is 0.849. The highest BCUT2D eigenvalue weighted by molar-refractivity contribution is 7.99. The molecule has 0 aromatic heterocycles. The fourth-order valence-corrected chi connectivity index (χ4v) is 3.91. The second-order valence-electron chi connectivity index (χ2n) is 5.21. The minimum absolute atomic E-state index is 0.118. The number of nitrogens with two attached hydrogens (primary N) is 1. The highest BCUT2D eigenvalue weighted by Crippen LogP contribution is 2.30. The highest BCUT2D eigenvalue weighted by atomic mass is 32.2. The van der Waals surface area contributed by atoms with Crippen LogP contribution in [-0.2, 0) is 0 Å². The molecular formula is C16H25NOS. The van der Waals surface area contributed by atoms with Crippen LogP contribution in [0, 0.1) is 0 Å². The fraction of sp³-hybridized carbons (Fsp3) is 0.625. The topological polar surface area (TPSA) is 35.2 Å². The largest absolute Gasteiger partial charge is 0.494 e. The van der Waals surface area contributed by atoms with E-state index in [2.05, 4.69) is 23.9 Å². The molecule has 1 saturated carbocycles. The summed E-state index contributed by atoms with van der Waals surface area (Å²) in [6.45, 7) is 2.71. The predicted octanol–water partition coefficient (Wildman–Crippen LogP) is 4.15. The van der Waals surface area contributed by atoms with Crippen molar-refractivity contribution in [1.29, 1.82) is 0 Å². The van der Waals surface area contributed by atoms with Crippen LogP contribution in [0.2, 0.25) is 0 Å². The Labute approximate surface area is 121 Å². The Morgan fingerprint density at radius 1 is 1.32 bits per heavy atom. The van der Waals surface area contributed by atoms with Gasteiger partial charge in [0.25, 0.3) is 0 Å². The van der Waals surface area contributed by atoms with Gasteiger partial charge in [0.2, 0.25) is 0 Å². The Kier molecular flexibility index (Phi) is 6.05. The SMILES string of the molecule is CCOc1cccc(C(N)CSC2CCCCC2)c1. The van der Waals surface area contributed by atoms with Crippen LogP contribution < -0.4 is 10.5 Å². The molecule has 0 aliphatic heterocycles. The van der Waals surface area contributed by atoms with Gasteiger partial charge in [0.1, 0.15) is 5.75 Å². The molecular weight excluding hydrogens is 254 g/mol. The number of thioether (sulfide) groups is 1. The van der Waals surface area contributed by atoms with Gasteiger partial charge in [-0.1, -0.05) is 31.4 Å². The molecule has 0 radical (unpaired) electrons. The second-order valence-corrected chi connectivity index (χ2v) is 6.54. The van der Waals surface area contributed by atoms with E-state index in [0.29, 0.717) is 6.61 Å². The van der Waals surface area contributed by atoms with E-state index in [0.717, 1.165) is 16.8 Å². The van der Waals surface area contributed by atoms with Gasteiger partial charge in [0.05, 0.1) is 6.61 Å². The Balaban J connectivity index is 1.84. The summed E-state index contributed by atoms with van der Waals surface area (Å²) in [5, 5.41) is 0.829. The van der Waals surface area contributed by atoms with E-state index in [1.807, 2.05) is 19.1 Å². The number of rotatable bonds is 6. The van der Waals surface area contributed by atoms with Crippen molar-refractivity contribution in [3.8, 4) is 5.75 Å². The van der Waals surface area contributed by atoms with Gasteiger partial charge >= 0.3 is 0 Å². The molecule has 0 amide bonds. The molecule has 0 heterocycles. The smallest absolute Gasteiger partial charge is 0.119 e. The van der Waals surface area contributed by atoms with Gasteiger partial charge in [-0.2, -0.15) is 11.8 Å². The Morgan fingerprint density at radius 2 is 2.11 bits per heavy atom. The van der Waals surface area contributed by atoms with Crippen molar-refractivity contribution in [2.45, 2.75) is 50.3 Å². The van der Waals surface area contributed by atoms with E-state index in [1.54, 1.807) is 0 Å². The van der Waals surface area contributed by atoms with Crippen molar-refractivity contribution in [2.24, 2.45) is 5.73 Å². The molecule has 1 aromatic carbocycles. The van der Waals surface area contributed by atoms with Crippen molar-refractivity contribution in [2.75, 3.05) is 12.4 Å². The molecule has 2 rings (SSSR count). The van der Waals surface area contributed by atoms with Crippen LogP contribution in [-0.4, -0.2) is 17.6 Å². The summed E-state index contributed by atoms with van der Waals surface area (Å²) >= 11 is 2.05. The fourth-order valence-electron chi connectivity index (χ4n) is 2.57. The molecule has 1 aliphatic carbocycles. The van der Waals surface area contributed by atoms with Crippen molar-refractivity contribution in [1.82, 2.24) is 0 Å². The lowest BCUT2D eigenvalue weighted by Gasteiger charge is -2.22. The zero-order valence-corrected chi connectivity index (χ0v) is 12.6. The van der Waals surface area contributed by atoms with Crippen molar-refractivity contribution < 1.29 is 4.74 Å². The standard InChI is InChI=1S/C16H25NOS/c1-2-18-14-8-6-7-13(11-14)16(17)12-19-15-9-4-3-5-10-15/h6-8,11,15-16H,2-5,9-10,12,17H2,1H3. The van der Waals surface area contributed by atoms with E-state index in [9.17, 15) is 0 Å². The van der Waals surface area contributed by atoms with Crippen LogP contribution in [0.3, 0.4) is 0 Å². The molecule has 0 spiro atoms. The van der Waals surface area contributed by atoms with E-state index in [-0.39, 0.29) is 6.04 Å². The highest BCUT2D eigenvalue weighted by Gasteiger charge is 2.16. The second kappa shape index (κ2) is 7.81. The summed E-state index contributed by atoms with van der Waals surface area (Å²) in [6.07, 6.45) is 6.95. The Morgan fingerprint density at radius 3 is 2.84 bits per heavy atom. The third-order valence-electron chi connectivity index (χ3n) is 3.66. The summed E-state index contributed by atoms with van der Waals surface area (Å²) in [6, 6.07) is 8.33. The van der Waals surface area contributed by atoms with Crippen LogP contribution in [0.1, 0.15) is 50.6 Å². The van der Waals surface area contributed by atoms with Gasteiger partial charge < -0.3 is 10.5 Å². The van der Waals surface area contributed by atoms with Crippen molar-refractivity contribution in [3.05, 3.63) is 29.8 Å². The zero-order chi connectivity index (χ0) is 13.5. The number of ether oxygens (including phenoxy) is 1. The van der Waals surface area contributed by atoms with Gasteiger partial charge in [0.15, 0.2) is 0 Å². The maximum atomic E-state index is 6.30. The lowest BCUT2D eigenvalue weighted by Crippen LogP contribution is -2.17. The summed E-state index contributed by atoms with van der Waals surface area (Å²) in [5.74, 6) is 1.94. The van der Waals surface area contributed by atoms with E-state index < -0.39 is 0 Å². The maximum absolute atomic E-state index is 6.30. The first-order chi connectivity index (χ1) is 9.29. The molecule has 106 valence electrons. The normalized spacial score (nSPS) is 18.2. The summed E-state index contributed by atoms with van der Waals surface area (Å²) in [4.78, 5) is 0. The number of hydrogen-bond donors (Lipinski definition) is 1. The third-order valence-corrected chi connectivity index (χ3v) is 5.16. The van der Waals surface area contributed by atoms with E-state index >= 15 is 0 Å². The molecule has 0 bridgehead atoms. The van der Waals surface area contributed by atoms with E-state index in [1.165, 1.54) is 37.7 Å².